The summed E-state index contributed by atoms with van der Waals surface area (Å²) in [5.74, 6) is -7.10. The van der Waals surface area contributed by atoms with Gasteiger partial charge >= 0.3 is 11.9 Å². The fraction of sp³-hybridized carbons (Fsp3) is 0.519. The minimum Gasteiger partial charge on any atom is -0.478 e. The number of hydrogen-bond acceptors (Lipinski definition) is 14. The van der Waals surface area contributed by atoms with Crippen molar-refractivity contribution in [2.45, 2.75) is 36.7 Å². The van der Waals surface area contributed by atoms with Crippen LogP contribution in [0.1, 0.15) is 0 Å². The predicted octanol–water partition coefficient (Wildman–Crippen LogP) is -3.42. The molecule has 1 fully saturated rings. The van der Waals surface area contributed by atoms with Crippen molar-refractivity contribution in [1.82, 2.24) is 10.2 Å². The van der Waals surface area contributed by atoms with Crippen LogP contribution in [-0.2, 0) is 28.5 Å². The van der Waals surface area contributed by atoms with E-state index in [9.17, 15) is 45.3 Å². The Morgan fingerprint density at radius 1 is 1.27 bits per heavy atom. The number of nitrogens with zero attached hydrogens (tertiary/aromatic N) is 2. The predicted molar refractivity (Wildman–Crippen MR) is 149 cm³/mol. The number of aliphatic hydroxyl groups is 6. The molecule has 0 radical (unpaired) electrons. The molecule has 7 atom stereocenters. The molecule has 3 rings (SSSR count). The molecule has 0 bridgehead atoms. The zero-order valence-electron chi connectivity index (χ0n) is 24.0. The standard InChI is InChI=1S/C27H38N4O13/c1-4-14-15(6-5-13-9-31(7-8-32)10-16(22(36)37)19(13)30-26(28)29-2)17(23(38)41-3)12-42-24(14)44-25-21(35)27(39,40)20(34)18(11-33)43-25/h4-6,10,12,14-15,18,20-21,24-25,32-35,39-40H,1,7-9,11H2,2-3H3,(H,36,37)(H3,28,29,30). The Morgan fingerprint density at radius 3 is 2.55 bits per heavy atom. The third kappa shape index (κ3) is 7.28. The molecule has 3 aliphatic rings. The van der Waals surface area contributed by atoms with Gasteiger partial charge in [0.15, 0.2) is 18.4 Å². The van der Waals surface area contributed by atoms with Crippen LogP contribution in [0.2, 0.25) is 0 Å². The molecule has 0 aromatic carbocycles. The maximum atomic E-state index is 12.7. The average molecular weight is 627 g/mol. The molecule has 0 aliphatic carbocycles. The van der Waals surface area contributed by atoms with E-state index >= 15 is 0 Å². The molecule has 1 saturated heterocycles. The average Bonchev–Trinajstić information content (AvgIpc) is 3.00. The van der Waals surface area contributed by atoms with Gasteiger partial charge in [-0.2, -0.15) is 0 Å². The Bertz CT molecular complexity index is 1240. The Labute approximate surface area is 252 Å². The van der Waals surface area contributed by atoms with Gasteiger partial charge in [-0.3, -0.25) is 4.99 Å². The van der Waals surface area contributed by atoms with Crippen molar-refractivity contribution >= 4 is 17.9 Å². The molecular formula is C27H38N4O13. The summed E-state index contributed by atoms with van der Waals surface area (Å²) in [5.41, 5.74) is 6.17. The third-order valence-electron chi connectivity index (χ3n) is 7.24. The minimum absolute atomic E-state index is 0.00250. The molecular weight excluding hydrogens is 588 g/mol. The van der Waals surface area contributed by atoms with E-state index in [2.05, 4.69) is 16.9 Å². The number of aliphatic carboxylic acids is 1. The molecule has 0 aromatic heterocycles. The van der Waals surface area contributed by atoms with Crippen LogP contribution >= 0.6 is 0 Å². The molecule has 10 N–H and O–H groups in total. The van der Waals surface area contributed by atoms with E-state index in [1.807, 2.05) is 0 Å². The molecule has 3 heterocycles. The summed E-state index contributed by atoms with van der Waals surface area (Å²) in [6, 6.07) is 0. The van der Waals surface area contributed by atoms with Crippen molar-refractivity contribution in [3.63, 3.8) is 0 Å². The fourth-order valence-corrected chi connectivity index (χ4v) is 4.84. The van der Waals surface area contributed by atoms with Crippen molar-refractivity contribution in [1.29, 1.82) is 0 Å². The van der Waals surface area contributed by atoms with Gasteiger partial charge in [0.05, 0.1) is 49.3 Å². The van der Waals surface area contributed by atoms with E-state index < -0.39 is 67.1 Å². The molecule has 17 heteroatoms. The maximum Gasteiger partial charge on any atom is 0.339 e. The first-order chi connectivity index (χ1) is 20.8. The fourth-order valence-electron chi connectivity index (χ4n) is 4.84. The Hall–Kier alpha value is -3.81. The zero-order valence-corrected chi connectivity index (χ0v) is 24.0. The number of allylic oxidation sites excluding steroid dienone is 1. The number of carboxylic acids is 1. The number of ether oxygens (including phenoxy) is 4. The van der Waals surface area contributed by atoms with Crippen LogP contribution in [0.25, 0.3) is 0 Å². The number of methoxy groups -OCH3 is 1. The maximum absolute atomic E-state index is 12.7. The lowest BCUT2D eigenvalue weighted by Gasteiger charge is -2.46. The number of aliphatic hydroxyl groups excluding tert-OH is 4. The number of β-amino-alcohol motifs (C(OH)–C–C–N with tert-alkyl or cyclic N) is 1. The van der Waals surface area contributed by atoms with Gasteiger partial charge in [0.1, 0.15) is 12.2 Å². The van der Waals surface area contributed by atoms with Gasteiger partial charge < -0.3 is 70.6 Å². The van der Waals surface area contributed by atoms with E-state index in [-0.39, 0.29) is 42.5 Å². The molecule has 0 amide bonds. The molecule has 0 spiro atoms. The van der Waals surface area contributed by atoms with Gasteiger partial charge in [0.2, 0.25) is 12.1 Å². The quantitative estimate of drug-likeness (QED) is 0.0355. The van der Waals surface area contributed by atoms with Crippen LogP contribution in [0.4, 0.5) is 0 Å². The van der Waals surface area contributed by atoms with Crippen LogP contribution in [0, 0.1) is 11.8 Å². The van der Waals surface area contributed by atoms with Crippen LogP contribution in [-0.4, -0.2) is 136 Å². The lowest BCUT2D eigenvalue weighted by molar-refractivity contribution is -0.404. The van der Waals surface area contributed by atoms with Gasteiger partial charge in [-0.05, 0) is 5.57 Å². The van der Waals surface area contributed by atoms with Crippen molar-refractivity contribution in [3.8, 4) is 0 Å². The molecule has 0 aromatic rings. The summed E-state index contributed by atoms with van der Waals surface area (Å²) in [5, 5.41) is 72.6. The Morgan fingerprint density at radius 2 is 1.98 bits per heavy atom. The number of carboxylic acid groups (broad SMARTS) is 1. The first-order valence-electron chi connectivity index (χ1n) is 13.3. The summed E-state index contributed by atoms with van der Waals surface area (Å²) in [7, 11) is 2.56. The normalized spacial score (nSPS) is 30.8. The third-order valence-corrected chi connectivity index (χ3v) is 7.24. The molecule has 44 heavy (non-hydrogen) atoms. The van der Waals surface area contributed by atoms with Gasteiger partial charge in [-0.1, -0.05) is 18.2 Å². The SMILES string of the molecule is C=CC1C(OC2OC(CO)C(O)C(O)(O)C2O)OC=C(C(=O)OC)C1C=CC1=C(NC(N)=NC)C(C(=O)O)=CN(CCO)C1. The van der Waals surface area contributed by atoms with Gasteiger partial charge in [-0.25, -0.2) is 9.59 Å². The monoisotopic (exact) mass is 626 g/mol. The summed E-state index contributed by atoms with van der Waals surface area (Å²) in [6.07, 6.45) is -2.19. The van der Waals surface area contributed by atoms with Crippen LogP contribution < -0.4 is 11.1 Å². The lowest BCUT2D eigenvalue weighted by atomic mass is 9.83. The lowest BCUT2D eigenvalue weighted by Crippen LogP contribution is -2.68. The molecule has 7 unspecified atom stereocenters. The number of aliphatic imine (C=N–C) groups is 1. The highest BCUT2D eigenvalue weighted by molar-refractivity contribution is 5.95. The first-order valence-corrected chi connectivity index (χ1v) is 13.3. The number of hydrogen-bond donors (Lipinski definition) is 9. The highest BCUT2D eigenvalue weighted by atomic mass is 16.8. The summed E-state index contributed by atoms with van der Waals surface area (Å²) in [6.45, 7) is 2.91. The highest BCUT2D eigenvalue weighted by Crippen LogP contribution is 2.37. The number of rotatable bonds is 11. The second kappa shape index (κ2) is 14.8. The second-order valence-corrected chi connectivity index (χ2v) is 9.98. The number of carbonyl (C=O) groups excluding carboxylic acids is 1. The van der Waals surface area contributed by atoms with Crippen LogP contribution in [0.15, 0.2) is 64.7 Å². The second-order valence-electron chi connectivity index (χ2n) is 9.98. The van der Waals surface area contributed by atoms with Gasteiger partial charge in [0, 0.05) is 32.3 Å². The smallest absolute Gasteiger partial charge is 0.339 e. The number of esters is 1. The zero-order chi connectivity index (χ0) is 32.8. The van der Waals surface area contributed by atoms with Crippen molar-refractivity contribution in [2.24, 2.45) is 22.6 Å². The van der Waals surface area contributed by atoms with E-state index in [0.717, 1.165) is 13.4 Å². The number of nitrogens with one attached hydrogen (secondary N) is 1. The van der Waals surface area contributed by atoms with Crippen molar-refractivity contribution < 1.29 is 64.3 Å². The summed E-state index contributed by atoms with van der Waals surface area (Å²) in [4.78, 5) is 30.2. The molecule has 17 nitrogen and oxygen atoms in total. The summed E-state index contributed by atoms with van der Waals surface area (Å²) < 4.78 is 21.5. The number of nitrogens with two attached hydrogens (primary N) is 1. The van der Waals surface area contributed by atoms with E-state index in [4.69, 9.17) is 24.7 Å². The highest BCUT2D eigenvalue weighted by Gasteiger charge is 2.56. The minimum atomic E-state index is -3.11. The Kier molecular flexibility index (Phi) is 11.6. The number of carbonyl (C=O) groups is 2. The molecule has 244 valence electrons. The van der Waals surface area contributed by atoms with E-state index in [1.165, 1.54) is 31.5 Å². The van der Waals surface area contributed by atoms with Gasteiger partial charge in [-0.15, -0.1) is 6.58 Å². The van der Waals surface area contributed by atoms with Crippen LogP contribution in [0.3, 0.4) is 0 Å². The van der Waals surface area contributed by atoms with Crippen molar-refractivity contribution in [2.75, 3.05) is 40.5 Å². The van der Waals surface area contributed by atoms with Crippen molar-refractivity contribution in [3.05, 3.63) is 59.7 Å². The van der Waals surface area contributed by atoms with Gasteiger partial charge in [0.25, 0.3) is 0 Å². The largest absolute Gasteiger partial charge is 0.478 e. The number of guanidine groups is 1. The van der Waals surface area contributed by atoms with Crippen LogP contribution in [0.5, 0.6) is 0 Å². The summed E-state index contributed by atoms with van der Waals surface area (Å²) >= 11 is 0. The molecule has 0 saturated carbocycles. The topological polar surface area (TPSA) is 266 Å². The molecule has 3 aliphatic heterocycles. The first kappa shape index (κ1) is 34.7. The van der Waals surface area contributed by atoms with E-state index in [1.54, 1.807) is 4.90 Å². The van der Waals surface area contributed by atoms with E-state index in [0.29, 0.717) is 5.57 Å². The Balaban J connectivity index is 2.04.